The molecule has 2 aromatic heterocycles. The van der Waals surface area contributed by atoms with E-state index in [4.69, 9.17) is 21.1 Å². The molecule has 0 unspecified atom stereocenters. The van der Waals surface area contributed by atoms with Crippen molar-refractivity contribution in [3.8, 4) is 5.88 Å². The first kappa shape index (κ1) is 22.7. The topological polar surface area (TPSA) is 69.2 Å². The molecule has 0 radical (unpaired) electrons. The Labute approximate surface area is 187 Å². The summed E-state index contributed by atoms with van der Waals surface area (Å²) >= 11 is 5.71. The van der Waals surface area contributed by atoms with Crippen LogP contribution in [0.4, 0.5) is 0 Å². The van der Waals surface area contributed by atoms with Crippen molar-refractivity contribution in [2.45, 2.75) is 31.3 Å². The van der Waals surface area contributed by atoms with E-state index in [1.165, 1.54) is 0 Å². The van der Waals surface area contributed by atoms with Gasteiger partial charge in [-0.3, -0.25) is 4.98 Å². The second kappa shape index (κ2) is 11.4. The summed E-state index contributed by atoms with van der Waals surface area (Å²) < 4.78 is 11.4. The highest BCUT2D eigenvalue weighted by Gasteiger charge is 2.24. The lowest BCUT2D eigenvalue weighted by atomic mass is 9.96. The van der Waals surface area contributed by atoms with E-state index in [1.807, 2.05) is 30.3 Å². The lowest BCUT2D eigenvalue weighted by molar-refractivity contribution is 0.0829. The van der Waals surface area contributed by atoms with Gasteiger partial charge in [0.15, 0.2) is 0 Å². The van der Waals surface area contributed by atoms with Crippen LogP contribution in [0.5, 0.6) is 5.88 Å². The van der Waals surface area contributed by atoms with Gasteiger partial charge in [-0.1, -0.05) is 35.9 Å². The monoisotopic (exact) mass is 448 g/mol. The van der Waals surface area contributed by atoms with E-state index in [-0.39, 0.29) is 18.5 Å². The second-order valence-corrected chi connectivity index (χ2v) is 7.61. The minimum atomic E-state index is 0. The molecule has 0 bridgehead atoms. The number of fused-ring (bicyclic) bond motifs is 1. The first-order chi connectivity index (χ1) is 14.3. The van der Waals surface area contributed by atoms with E-state index in [9.17, 15) is 0 Å². The fraction of sp³-hybridized carbons (Fsp3) is 0.409. The van der Waals surface area contributed by atoms with Crippen molar-refractivity contribution in [3.05, 3.63) is 59.8 Å². The molecule has 2 aliphatic rings. The SMILES string of the molecule is Cl.Clc1cc2ccccc2cn1.c1cnc(C2CCOCC2)c(O[C@H]2CCNC2)n1. The van der Waals surface area contributed by atoms with Crippen LogP contribution in [-0.4, -0.2) is 47.4 Å². The summed E-state index contributed by atoms with van der Waals surface area (Å²) in [7, 11) is 0. The molecule has 0 spiro atoms. The van der Waals surface area contributed by atoms with E-state index >= 15 is 0 Å². The highest BCUT2D eigenvalue weighted by atomic mass is 35.5. The number of pyridine rings is 1. The van der Waals surface area contributed by atoms with E-state index in [1.54, 1.807) is 18.6 Å². The summed E-state index contributed by atoms with van der Waals surface area (Å²) in [6, 6.07) is 9.86. The third kappa shape index (κ3) is 6.01. The van der Waals surface area contributed by atoms with Gasteiger partial charge in [-0.05, 0) is 37.3 Å². The molecule has 1 atom stereocenters. The summed E-state index contributed by atoms with van der Waals surface area (Å²) in [6.07, 6.45) is 8.54. The standard InChI is InChI=1S/C13H19N3O2.C9H6ClN.ClH/c1-4-14-9-11(1)18-13-12(15-5-6-16-13)10-2-7-17-8-3-10;10-9-5-7-3-1-2-4-8(7)6-11-9;/h5-6,10-11,14H,1-4,7-9H2;1-6H;1H/t11-;;/m0../s1. The first-order valence-corrected chi connectivity index (χ1v) is 10.4. The Morgan fingerprint density at radius 3 is 2.53 bits per heavy atom. The summed E-state index contributed by atoms with van der Waals surface area (Å²) in [5.41, 5.74) is 1.01. The second-order valence-electron chi connectivity index (χ2n) is 7.22. The number of nitrogens with one attached hydrogen (secondary N) is 1. The van der Waals surface area contributed by atoms with Gasteiger partial charge in [0.2, 0.25) is 5.88 Å². The number of ether oxygens (including phenoxy) is 2. The number of halogens is 2. The van der Waals surface area contributed by atoms with Crippen LogP contribution in [0.25, 0.3) is 10.8 Å². The van der Waals surface area contributed by atoms with Crippen molar-refractivity contribution in [1.82, 2.24) is 20.3 Å². The molecule has 0 aliphatic carbocycles. The van der Waals surface area contributed by atoms with Gasteiger partial charge in [0, 0.05) is 49.7 Å². The van der Waals surface area contributed by atoms with E-state index < -0.39 is 0 Å². The number of hydrogen-bond donors (Lipinski definition) is 1. The Morgan fingerprint density at radius 2 is 1.77 bits per heavy atom. The van der Waals surface area contributed by atoms with Crippen LogP contribution in [0.15, 0.2) is 48.9 Å². The zero-order chi connectivity index (χ0) is 19.9. The van der Waals surface area contributed by atoms with Gasteiger partial charge in [-0.15, -0.1) is 12.4 Å². The molecule has 3 aromatic rings. The molecule has 8 heteroatoms. The predicted octanol–water partition coefficient (Wildman–Crippen LogP) is 4.42. The van der Waals surface area contributed by atoms with Crippen LogP contribution in [0, 0.1) is 0 Å². The lowest BCUT2D eigenvalue weighted by Crippen LogP contribution is -2.22. The fourth-order valence-corrected chi connectivity index (χ4v) is 3.79. The molecule has 30 heavy (non-hydrogen) atoms. The molecule has 0 amide bonds. The Kier molecular flexibility index (Phi) is 8.63. The maximum Gasteiger partial charge on any atom is 0.236 e. The summed E-state index contributed by atoms with van der Waals surface area (Å²) in [6.45, 7) is 3.55. The average Bonchev–Trinajstić information content (AvgIpc) is 3.28. The summed E-state index contributed by atoms with van der Waals surface area (Å²) in [5.74, 6) is 1.15. The van der Waals surface area contributed by atoms with Gasteiger partial charge in [0.25, 0.3) is 0 Å². The van der Waals surface area contributed by atoms with Gasteiger partial charge in [0.05, 0.1) is 0 Å². The predicted molar refractivity (Wildman–Crippen MR) is 121 cm³/mol. The molecule has 5 rings (SSSR count). The third-order valence-electron chi connectivity index (χ3n) is 5.19. The molecular weight excluding hydrogens is 423 g/mol. The zero-order valence-corrected chi connectivity index (χ0v) is 18.2. The molecule has 0 saturated carbocycles. The molecule has 6 nitrogen and oxygen atoms in total. The van der Waals surface area contributed by atoms with E-state index in [0.717, 1.165) is 67.9 Å². The highest BCUT2D eigenvalue weighted by molar-refractivity contribution is 6.30. The number of hydrogen-bond acceptors (Lipinski definition) is 6. The van der Waals surface area contributed by atoms with Crippen molar-refractivity contribution >= 4 is 34.8 Å². The van der Waals surface area contributed by atoms with Crippen LogP contribution in [0.3, 0.4) is 0 Å². The van der Waals surface area contributed by atoms with Crippen molar-refractivity contribution in [3.63, 3.8) is 0 Å². The Balaban J connectivity index is 0.000000184. The van der Waals surface area contributed by atoms with Crippen LogP contribution < -0.4 is 10.1 Å². The van der Waals surface area contributed by atoms with Crippen molar-refractivity contribution in [2.24, 2.45) is 0 Å². The Bertz CT molecular complexity index is 932. The van der Waals surface area contributed by atoms with E-state index in [0.29, 0.717) is 11.1 Å². The fourth-order valence-electron chi connectivity index (χ4n) is 3.62. The average molecular weight is 449 g/mol. The van der Waals surface area contributed by atoms with Crippen molar-refractivity contribution in [1.29, 1.82) is 0 Å². The number of aromatic nitrogens is 3. The van der Waals surface area contributed by atoms with Gasteiger partial charge < -0.3 is 14.8 Å². The molecule has 2 saturated heterocycles. The quantitative estimate of drug-likeness (QED) is 0.597. The third-order valence-corrected chi connectivity index (χ3v) is 5.40. The van der Waals surface area contributed by atoms with Gasteiger partial charge >= 0.3 is 0 Å². The maximum atomic E-state index is 5.98. The largest absolute Gasteiger partial charge is 0.472 e. The van der Waals surface area contributed by atoms with Crippen LogP contribution >= 0.6 is 24.0 Å². The van der Waals surface area contributed by atoms with Crippen molar-refractivity contribution < 1.29 is 9.47 Å². The van der Waals surface area contributed by atoms with E-state index in [2.05, 4.69) is 20.3 Å². The lowest BCUT2D eigenvalue weighted by Gasteiger charge is -2.23. The number of benzene rings is 1. The van der Waals surface area contributed by atoms with Crippen LogP contribution in [0.1, 0.15) is 30.9 Å². The number of rotatable bonds is 3. The number of nitrogens with zero attached hydrogens (tertiary/aromatic N) is 3. The maximum absolute atomic E-state index is 5.98. The minimum absolute atomic E-state index is 0. The smallest absolute Gasteiger partial charge is 0.236 e. The molecule has 2 aliphatic heterocycles. The summed E-state index contributed by atoms with van der Waals surface area (Å²) in [5, 5.41) is 6.10. The van der Waals surface area contributed by atoms with Crippen molar-refractivity contribution in [2.75, 3.05) is 26.3 Å². The molecule has 1 aromatic carbocycles. The van der Waals surface area contributed by atoms with Gasteiger partial charge in [-0.25, -0.2) is 9.97 Å². The summed E-state index contributed by atoms with van der Waals surface area (Å²) in [4.78, 5) is 12.8. The van der Waals surface area contributed by atoms with Crippen LogP contribution in [0.2, 0.25) is 5.15 Å². The minimum Gasteiger partial charge on any atom is -0.472 e. The Hall–Kier alpha value is -1.99. The van der Waals surface area contributed by atoms with Crippen LogP contribution in [-0.2, 0) is 4.74 Å². The molecule has 4 heterocycles. The van der Waals surface area contributed by atoms with Gasteiger partial charge in [0.1, 0.15) is 17.0 Å². The normalized spacial score (nSPS) is 18.9. The highest BCUT2D eigenvalue weighted by Crippen LogP contribution is 2.31. The molecule has 2 fully saturated rings. The molecular formula is C22H26Cl2N4O2. The van der Waals surface area contributed by atoms with Gasteiger partial charge in [-0.2, -0.15) is 0 Å². The molecule has 160 valence electrons. The zero-order valence-electron chi connectivity index (χ0n) is 16.7. The Morgan fingerprint density at radius 1 is 1.00 bits per heavy atom. The molecule has 1 N–H and O–H groups in total. The first-order valence-electron chi connectivity index (χ1n) is 10.1.